The number of hydrogen-bond acceptors (Lipinski definition) is 6. The fourth-order valence-corrected chi connectivity index (χ4v) is 7.53. The molecule has 1 heterocycles. The third-order valence-electron chi connectivity index (χ3n) is 4.62. The highest BCUT2D eigenvalue weighted by molar-refractivity contribution is 7.96. The molecule has 0 unspecified atom stereocenters. The van der Waals surface area contributed by atoms with Gasteiger partial charge in [0.1, 0.15) is 11.6 Å². The van der Waals surface area contributed by atoms with Crippen LogP contribution in [-0.4, -0.2) is 45.6 Å². The van der Waals surface area contributed by atoms with E-state index in [4.69, 9.17) is 4.74 Å². The van der Waals surface area contributed by atoms with Gasteiger partial charge in [-0.2, -0.15) is 0 Å². The Kier molecular flexibility index (Phi) is 6.19. The Hall–Kier alpha value is -2.46. The van der Waals surface area contributed by atoms with Crippen molar-refractivity contribution in [1.82, 2.24) is 0 Å². The quantitative estimate of drug-likeness (QED) is 0.672. The van der Waals surface area contributed by atoms with Crippen molar-refractivity contribution < 1.29 is 30.8 Å². The number of ether oxygens (including phenoxy) is 1. The summed E-state index contributed by atoms with van der Waals surface area (Å²) in [6.07, 6.45) is -0.0342. The molecular weight excluding hydrogens is 433 g/mol. The molecule has 0 aromatic heterocycles. The maximum atomic E-state index is 14.2. The number of carbonyl (C=O) groups is 1. The summed E-state index contributed by atoms with van der Waals surface area (Å²) in [7, 11) is -7.43. The van der Waals surface area contributed by atoms with E-state index in [1.807, 2.05) is 13.8 Å². The van der Waals surface area contributed by atoms with Crippen LogP contribution in [0.1, 0.15) is 30.6 Å². The van der Waals surface area contributed by atoms with Gasteiger partial charge in [-0.1, -0.05) is 0 Å². The van der Waals surface area contributed by atoms with Crippen LogP contribution in [0.25, 0.3) is 0 Å². The molecular formula is C20H22FNO6S2. The minimum Gasteiger partial charge on any atom is -0.491 e. The average Bonchev–Trinajstić information content (AvgIpc) is 3.03. The zero-order valence-electron chi connectivity index (χ0n) is 16.5. The minimum absolute atomic E-state index is 0.0147. The molecule has 7 nitrogen and oxygen atoms in total. The second kappa shape index (κ2) is 8.35. The summed E-state index contributed by atoms with van der Waals surface area (Å²) >= 11 is 0. The van der Waals surface area contributed by atoms with E-state index in [1.165, 1.54) is 0 Å². The van der Waals surface area contributed by atoms with Crippen molar-refractivity contribution in [2.75, 3.05) is 16.8 Å². The second-order valence-corrected chi connectivity index (χ2v) is 11.8. The van der Waals surface area contributed by atoms with Gasteiger partial charge in [0.15, 0.2) is 19.7 Å². The molecule has 3 rings (SSSR count). The molecule has 10 heteroatoms. The summed E-state index contributed by atoms with van der Waals surface area (Å²) in [5.74, 6) is -1.78. The van der Waals surface area contributed by atoms with Crippen molar-refractivity contribution in [3.8, 4) is 5.75 Å². The standard InChI is InChI=1S/C20H22FNO6S2/c1-13(2)28-15-5-3-14(4-6-15)22-20(23)18-11-16(7-8-19(18)21)30(26,27)17-9-10-29(24,25)12-17/h3-8,11,13,17H,9-10,12H2,1-2H3,(H,22,23)/t17-/m1/s1. The molecule has 162 valence electrons. The Morgan fingerprint density at radius 1 is 1.17 bits per heavy atom. The Balaban J connectivity index is 1.82. The number of anilines is 1. The first kappa shape index (κ1) is 22.2. The first-order chi connectivity index (χ1) is 14.0. The molecule has 1 amide bonds. The normalized spacial score (nSPS) is 18.3. The Morgan fingerprint density at radius 3 is 2.40 bits per heavy atom. The number of rotatable bonds is 6. The first-order valence-corrected chi connectivity index (χ1v) is 12.7. The van der Waals surface area contributed by atoms with Crippen molar-refractivity contribution in [2.24, 2.45) is 0 Å². The maximum absolute atomic E-state index is 14.2. The first-order valence-electron chi connectivity index (χ1n) is 9.30. The summed E-state index contributed by atoms with van der Waals surface area (Å²) in [6, 6.07) is 9.34. The van der Waals surface area contributed by atoms with Crippen molar-refractivity contribution in [2.45, 2.75) is 36.5 Å². The van der Waals surface area contributed by atoms with Gasteiger partial charge in [-0.15, -0.1) is 0 Å². The number of halogens is 1. The van der Waals surface area contributed by atoms with Gasteiger partial charge in [-0.25, -0.2) is 21.2 Å². The SMILES string of the molecule is CC(C)Oc1ccc(NC(=O)c2cc(S(=O)(=O)[C@@H]3CCS(=O)(=O)C3)ccc2F)cc1. The van der Waals surface area contributed by atoms with Crippen LogP contribution in [0.5, 0.6) is 5.75 Å². The maximum Gasteiger partial charge on any atom is 0.258 e. The summed E-state index contributed by atoms with van der Waals surface area (Å²) in [6.45, 7) is 3.75. The lowest BCUT2D eigenvalue weighted by molar-refractivity contribution is 0.102. The summed E-state index contributed by atoms with van der Waals surface area (Å²) in [5.41, 5.74) is -0.0647. The zero-order valence-corrected chi connectivity index (χ0v) is 18.1. The summed E-state index contributed by atoms with van der Waals surface area (Å²) in [5, 5.41) is 1.42. The smallest absolute Gasteiger partial charge is 0.258 e. The van der Waals surface area contributed by atoms with Gasteiger partial charge in [-0.3, -0.25) is 4.79 Å². The Morgan fingerprint density at radius 2 is 1.83 bits per heavy atom. The molecule has 2 aromatic carbocycles. The third kappa shape index (κ3) is 4.99. The van der Waals surface area contributed by atoms with E-state index >= 15 is 0 Å². The average molecular weight is 456 g/mol. The van der Waals surface area contributed by atoms with E-state index in [9.17, 15) is 26.0 Å². The lowest BCUT2D eigenvalue weighted by atomic mass is 10.2. The van der Waals surface area contributed by atoms with E-state index in [1.54, 1.807) is 24.3 Å². The fraction of sp³-hybridized carbons (Fsp3) is 0.350. The molecule has 2 aromatic rings. The third-order valence-corrected chi connectivity index (χ3v) is 8.79. The number of benzene rings is 2. The Bertz CT molecular complexity index is 1160. The van der Waals surface area contributed by atoms with E-state index < -0.39 is 48.0 Å². The largest absolute Gasteiger partial charge is 0.491 e. The molecule has 1 N–H and O–H groups in total. The minimum atomic E-state index is -4.01. The summed E-state index contributed by atoms with van der Waals surface area (Å²) in [4.78, 5) is 12.2. The highest BCUT2D eigenvalue weighted by atomic mass is 32.2. The molecule has 30 heavy (non-hydrogen) atoms. The highest BCUT2D eigenvalue weighted by Gasteiger charge is 2.38. The number of amides is 1. The highest BCUT2D eigenvalue weighted by Crippen LogP contribution is 2.27. The van der Waals surface area contributed by atoms with Gasteiger partial charge in [0.05, 0.1) is 33.3 Å². The summed E-state index contributed by atoms with van der Waals surface area (Å²) < 4.78 is 68.6. The van der Waals surface area contributed by atoms with Crippen LogP contribution in [0, 0.1) is 5.82 Å². The molecule has 1 aliphatic rings. The number of sulfone groups is 2. The van der Waals surface area contributed by atoms with Gasteiger partial charge < -0.3 is 10.1 Å². The van der Waals surface area contributed by atoms with Crippen LogP contribution in [0.2, 0.25) is 0 Å². The molecule has 1 aliphatic heterocycles. The Labute approximate surface area is 175 Å². The van der Waals surface area contributed by atoms with E-state index in [0.717, 1.165) is 18.2 Å². The van der Waals surface area contributed by atoms with E-state index in [2.05, 4.69) is 5.32 Å². The topological polar surface area (TPSA) is 107 Å². The molecule has 0 radical (unpaired) electrons. The molecule has 0 saturated carbocycles. The van der Waals surface area contributed by atoms with E-state index in [0.29, 0.717) is 11.4 Å². The fourth-order valence-electron chi connectivity index (χ4n) is 3.14. The monoisotopic (exact) mass is 455 g/mol. The van der Waals surface area contributed by atoms with Crippen LogP contribution in [0.15, 0.2) is 47.4 Å². The molecule has 1 saturated heterocycles. The van der Waals surface area contributed by atoms with Crippen molar-refractivity contribution in [1.29, 1.82) is 0 Å². The van der Waals surface area contributed by atoms with Crippen LogP contribution in [-0.2, 0) is 19.7 Å². The van der Waals surface area contributed by atoms with Crippen LogP contribution < -0.4 is 10.1 Å². The lowest BCUT2D eigenvalue weighted by Crippen LogP contribution is -2.23. The van der Waals surface area contributed by atoms with Crippen LogP contribution in [0.4, 0.5) is 10.1 Å². The van der Waals surface area contributed by atoms with E-state index in [-0.39, 0.29) is 23.2 Å². The van der Waals surface area contributed by atoms with Gasteiger partial charge in [-0.05, 0) is 62.7 Å². The molecule has 0 aliphatic carbocycles. The molecule has 1 fully saturated rings. The van der Waals surface area contributed by atoms with Gasteiger partial charge in [0, 0.05) is 5.69 Å². The predicted octanol–water partition coefficient (Wildman–Crippen LogP) is 2.83. The number of hydrogen-bond donors (Lipinski definition) is 1. The van der Waals surface area contributed by atoms with Crippen molar-refractivity contribution in [3.63, 3.8) is 0 Å². The second-order valence-electron chi connectivity index (χ2n) is 7.36. The molecule has 1 atom stereocenters. The number of nitrogens with one attached hydrogen (secondary N) is 1. The molecule has 0 spiro atoms. The molecule has 0 bridgehead atoms. The van der Waals surface area contributed by atoms with Crippen molar-refractivity contribution in [3.05, 3.63) is 53.8 Å². The van der Waals surface area contributed by atoms with Gasteiger partial charge in [0.25, 0.3) is 5.91 Å². The predicted molar refractivity (Wildman–Crippen MR) is 111 cm³/mol. The van der Waals surface area contributed by atoms with Gasteiger partial charge >= 0.3 is 0 Å². The van der Waals surface area contributed by atoms with Crippen LogP contribution in [0.3, 0.4) is 0 Å². The zero-order chi connectivity index (χ0) is 22.1. The lowest BCUT2D eigenvalue weighted by Gasteiger charge is -2.13. The van der Waals surface area contributed by atoms with Crippen molar-refractivity contribution >= 4 is 31.3 Å². The van der Waals surface area contributed by atoms with Crippen LogP contribution >= 0.6 is 0 Å². The number of carbonyl (C=O) groups excluding carboxylic acids is 1. The van der Waals surface area contributed by atoms with Gasteiger partial charge in [0.2, 0.25) is 0 Å².